The highest BCUT2D eigenvalue weighted by Crippen LogP contribution is 2.43. The van der Waals surface area contributed by atoms with E-state index in [9.17, 15) is 18.3 Å². The van der Waals surface area contributed by atoms with Crippen molar-refractivity contribution in [2.45, 2.75) is 67.9 Å². The molecular formula is C47H47N3O6S2. The van der Waals surface area contributed by atoms with Crippen molar-refractivity contribution in [1.29, 1.82) is 0 Å². The molecule has 1 aliphatic rings. The minimum atomic E-state index is -3.97. The predicted octanol–water partition coefficient (Wildman–Crippen LogP) is 8.34. The predicted molar refractivity (Wildman–Crippen MR) is 227 cm³/mol. The first kappa shape index (κ1) is 41.0. The van der Waals surface area contributed by atoms with E-state index < -0.39 is 28.3 Å². The number of sulfonamides is 1. The van der Waals surface area contributed by atoms with Gasteiger partial charge in [-0.1, -0.05) is 122 Å². The van der Waals surface area contributed by atoms with Gasteiger partial charge in [0.25, 0.3) is 0 Å². The van der Waals surface area contributed by atoms with Crippen LogP contribution in [0.15, 0.2) is 162 Å². The number of hydrogen-bond acceptors (Lipinski definition) is 8. The molecule has 0 saturated carbocycles. The number of carbonyl (C=O) groups is 1. The topological polar surface area (TPSA) is 127 Å². The Morgan fingerprint density at radius 1 is 0.776 bits per heavy atom. The van der Waals surface area contributed by atoms with Gasteiger partial charge in [-0.25, -0.2) is 13.4 Å². The Bertz CT molecular complexity index is 2380. The number of carbonyl (C=O) groups excluding carboxylic acids is 1. The molecule has 3 N–H and O–H groups in total. The summed E-state index contributed by atoms with van der Waals surface area (Å²) in [6.07, 6.45) is 0.950. The van der Waals surface area contributed by atoms with E-state index in [4.69, 9.17) is 9.47 Å². The van der Waals surface area contributed by atoms with Gasteiger partial charge in [-0.3, -0.25) is 4.79 Å². The van der Waals surface area contributed by atoms with Gasteiger partial charge >= 0.3 is 0 Å². The Morgan fingerprint density at radius 3 is 2.21 bits per heavy atom. The second kappa shape index (κ2) is 19.1. The largest absolute Gasteiger partial charge is 0.392 e. The Balaban J connectivity index is 1.08. The van der Waals surface area contributed by atoms with E-state index in [-0.39, 0.29) is 42.6 Å². The van der Waals surface area contributed by atoms with E-state index in [0.29, 0.717) is 5.75 Å². The second-order valence-electron chi connectivity index (χ2n) is 14.5. The molecule has 1 amide bonds. The number of aliphatic hydroxyl groups is 1. The number of aromatic nitrogens is 1. The molecule has 58 heavy (non-hydrogen) atoms. The molecule has 1 fully saturated rings. The number of hydrogen-bond donors (Lipinski definition) is 3. The monoisotopic (exact) mass is 813 g/mol. The number of aryl methyl sites for hydroxylation is 1. The second-order valence-corrected chi connectivity index (χ2v) is 17.3. The molecule has 0 radical (unpaired) electrons. The van der Waals surface area contributed by atoms with Gasteiger partial charge in [0.15, 0.2) is 6.29 Å². The van der Waals surface area contributed by atoms with E-state index in [0.717, 1.165) is 49.5 Å². The highest BCUT2D eigenvalue weighted by Gasteiger charge is 2.38. The molecule has 6 aromatic rings. The fourth-order valence-electron chi connectivity index (χ4n) is 6.96. The third kappa shape index (κ3) is 10.5. The maximum Gasteiger partial charge on any atom is 0.241 e. The highest BCUT2D eigenvalue weighted by atomic mass is 32.2. The highest BCUT2D eigenvalue weighted by molar-refractivity contribution is 7.99. The third-order valence-corrected chi connectivity index (χ3v) is 12.8. The van der Waals surface area contributed by atoms with Crippen LogP contribution >= 0.6 is 11.8 Å². The third-order valence-electron chi connectivity index (χ3n) is 10.3. The average molecular weight is 814 g/mol. The minimum Gasteiger partial charge on any atom is -0.392 e. The Kier molecular flexibility index (Phi) is 13.5. The first-order valence-electron chi connectivity index (χ1n) is 19.3. The number of nitrogens with zero attached hydrogens (tertiary/aromatic N) is 1. The van der Waals surface area contributed by atoms with Gasteiger partial charge in [0.2, 0.25) is 15.9 Å². The maximum absolute atomic E-state index is 13.7. The SMILES string of the molecule is Cc1ccc(S(=O)(=O)N[C@H](Cc2ccccc2)C(=O)NCc2cccc(-c3cccc([C@H]4O[C@@H](CSc5ccccn5)[C@@H](C)[C@@H](c5ccc(CO)cc5)O4)c3)c2)cc1. The normalized spacial score (nSPS) is 18.7. The number of benzene rings is 5. The molecule has 1 saturated heterocycles. The van der Waals surface area contributed by atoms with E-state index >= 15 is 0 Å². The zero-order chi connectivity index (χ0) is 40.5. The van der Waals surface area contributed by atoms with E-state index in [1.54, 1.807) is 42.2 Å². The molecule has 298 valence electrons. The Labute approximate surface area is 344 Å². The fourth-order valence-corrected chi connectivity index (χ4v) is 9.18. The van der Waals surface area contributed by atoms with Gasteiger partial charge in [0.05, 0.1) is 28.7 Å². The van der Waals surface area contributed by atoms with Crippen LogP contribution in [0.4, 0.5) is 0 Å². The van der Waals surface area contributed by atoms with Crippen LogP contribution in [-0.4, -0.2) is 42.3 Å². The summed E-state index contributed by atoms with van der Waals surface area (Å²) in [5, 5.41) is 13.6. The van der Waals surface area contributed by atoms with Crippen LogP contribution < -0.4 is 10.0 Å². The number of rotatable bonds is 15. The number of pyridine rings is 1. The lowest BCUT2D eigenvalue weighted by molar-refractivity contribution is -0.268. The van der Waals surface area contributed by atoms with Crippen LogP contribution in [0.25, 0.3) is 11.1 Å². The van der Waals surface area contributed by atoms with Gasteiger partial charge in [0.1, 0.15) is 6.04 Å². The first-order chi connectivity index (χ1) is 28.1. The smallest absolute Gasteiger partial charge is 0.241 e. The molecule has 1 aliphatic heterocycles. The molecule has 0 unspecified atom stereocenters. The van der Waals surface area contributed by atoms with Crippen LogP contribution in [0, 0.1) is 12.8 Å². The van der Waals surface area contributed by atoms with Crippen LogP contribution in [0.1, 0.15) is 52.7 Å². The van der Waals surface area contributed by atoms with E-state index in [1.165, 1.54) is 0 Å². The van der Waals surface area contributed by atoms with Gasteiger partial charge in [-0.05, 0) is 83.1 Å². The summed E-state index contributed by atoms with van der Waals surface area (Å²) in [7, 11) is -3.97. The Morgan fingerprint density at radius 2 is 1.48 bits per heavy atom. The lowest BCUT2D eigenvalue weighted by atomic mass is 9.91. The first-order valence-corrected chi connectivity index (χ1v) is 21.8. The Hall–Kier alpha value is -5.14. The molecule has 1 aromatic heterocycles. The number of nitrogens with one attached hydrogen (secondary N) is 2. The number of ether oxygens (including phenoxy) is 2. The quantitative estimate of drug-likeness (QED) is 0.0884. The molecule has 11 heteroatoms. The molecule has 5 atom stereocenters. The minimum absolute atomic E-state index is 0.0261. The van der Waals surface area contributed by atoms with E-state index in [2.05, 4.69) is 28.0 Å². The van der Waals surface area contributed by atoms with Crippen molar-refractivity contribution in [2.75, 3.05) is 5.75 Å². The van der Waals surface area contributed by atoms with Crippen molar-refractivity contribution >= 4 is 27.7 Å². The number of amides is 1. The molecular weight excluding hydrogens is 767 g/mol. The summed E-state index contributed by atoms with van der Waals surface area (Å²) in [5.41, 5.74) is 7.25. The van der Waals surface area contributed by atoms with Crippen molar-refractivity contribution in [1.82, 2.24) is 15.0 Å². The van der Waals surface area contributed by atoms with Gasteiger partial charge in [-0.15, -0.1) is 11.8 Å². The number of thioether (sulfide) groups is 1. The zero-order valence-electron chi connectivity index (χ0n) is 32.4. The summed E-state index contributed by atoms with van der Waals surface area (Å²) in [5.74, 6) is 0.299. The van der Waals surface area contributed by atoms with Crippen LogP contribution in [0.3, 0.4) is 0 Å². The summed E-state index contributed by atoms with van der Waals surface area (Å²) < 4.78 is 42.9. The average Bonchev–Trinajstić information content (AvgIpc) is 3.26. The van der Waals surface area contributed by atoms with Gasteiger partial charge in [-0.2, -0.15) is 4.72 Å². The molecule has 2 heterocycles. The van der Waals surface area contributed by atoms with E-state index in [1.807, 2.05) is 122 Å². The molecule has 0 bridgehead atoms. The van der Waals surface area contributed by atoms with Crippen molar-refractivity contribution in [3.63, 3.8) is 0 Å². The maximum atomic E-state index is 13.7. The van der Waals surface area contributed by atoms with Crippen molar-refractivity contribution < 1.29 is 27.8 Å². The lowest BCUT2D eigenvalue weighted by Gasteiger charge is -2.41. The molecule has 9 nitrogen and oxygen atoms in total. The summed E-state index contributed by atoms with van der Waals surface area (Å²) in [6, 6.07) is 44.6. The summed E-state index contributed by atoms with van der Waals surface area (Å²) in [4.78, 5) is 18.3. The zero-order valence-corrected chi connectivity index (χ0v) is 34.0. The molecule has 0 spiro atoms. The standard InChI is InChI=1S/C47H47N3O6S2/c1-32-17-23-41(24-18-32)58(53,54)50-42(27-34-10-4-3-5-11-34)46(52)49-29-36-12-8-13-38(26-36)39-14-9-15-40(28-39)47-55-43(31-57-44-16-6-7-25-48-44)33(2)45(56-47)37-21-19-35(30-51)20-22-37/h3-26,28,33,42-43,45,47,50-51H,27,29-31H2,1-2H3,(H,49,52)/t33-,42-,43+,45+,47+/m1/s1. The fraction of sp³-hybridized carbons (Fsp3) is 0.234. The molecule has 7 rings (SSSR count). The summed E-state index contributed by atoms with van der Waals surface area (Å²) in [6.45, 7) is 4.21. The van der Waals surface area contributed by atoms with Crippen LogP contribution in [-0.2, 0) is 43.9 Å². The van der Waals surface area contributed by atoms with Crippen molar-refractivity contribution in [2.24, 2.45) is 5.92 Å². The lowest BCUT2D eigenvalue weighted by Crippen LogP contribution is -2.47. The van der Waals surface area contributed by atoms with Crippen LogP contribution in [0.5, 0.6) is 0 Å². The van der Waals surface area contributed by atoms with Crippen molar-refractivity contribution in [3.8, 4) is 11.1 Å². The summed E-state index contributed by atoms with van der Waals surface area (Å²) >= 11 is 1.65. The molecule has 0 aliphatic carbocycles. The number of aliphatic hydroxyl groups excluding tert-OH is 1. The van der Waals surface area contributed by atoms with Crippen molar-refractivity contribution in [3.05, 3.63) is 185 Å². The van der Waals surface area contributed by atoms with Crippen LogP contribution in [0.2, 0.25) is 0 Å². The molecule has 5 aromatic carbocycles. The van der Waals surface area contributed by atoms with Gasteiger partial charge < -0.3 is 19.9 Å². The van der Waals surface area contributed by atoms with Gasteiger partial charge in [0, 0.05) is 30.0 Å².